The summed E-state index contributed by atoms with van der Waals surface area (Å²) < 4.78 is 12.8. The fourth-order valence-electron chi connectivity index (χ4n) is 2.12. The van der Waals surface area contributed by atoms with Crippen molar-refractivity contribution in [1.29, 1.82) is 0 Å². The van der Waals surface area contributed by atoms with E-state index in [0.717, 1.165) is 31.7 Å². The molecule has 2 nitrogen and oxygen atoms in total. The van der Waals surface area contributed by atoms with Crippen molar-refractivity contribution in [3.8, 4) is 0 Å². The molecule has 1 aromatic rings. The summed E-state index contributed by atoms with van der Waals surface area (Å²) in [6, 6.07) is 6.89. The summed E-state index contributed by atoms with van der Waals surface area (Å²) in [7, 11) is 0. The lowest BCUT2D eigenvalue weighted by Gasteiger charge is -2.33. The molecule has 1 fully saturated rings. The predicted octanol–water partition coefficient (Wildman–Crippen LogP) is 2.38. The maximum absolute atomic E-state index is 12.8. The molecule has 1 heterocycles. The first kappa shape index (κ1) is 14.2. The Morgan fingerprint density at radius 2 is 1.82 bits per heavy atom. The van der Waals surface area contributed by atoms with E-state index < -0.39 is 0 Å². The van der Waals surface area contributed by atoms with Crippen LogP contribution in [-0.2, 0) is 0 Å². The van der Waals surface area contributed by atoms with Crippen LogP contribution in [0.1, 0.15) is 11.6 Å². The fourth-order valence-corrected chi connectivity index (χ4v) is 2.12. The molecule has 0 bridgehead atoms. The highest BCUT2D eigenvalue weighted by atomic mass is 35.5. The molecule has 1 atom stereocenters. The average molecular weight is 257 g/mol. The molecule has 1 aromatic carbocycles. The zero-order chi connectivity index (χ0) is 11.4. The minimum absolute atomic E-state index is 0. The van der Waals surface area contributed by atoms with Crippen LogP contribution in [0, 0.1) is 5.82 Å². The van der Waals surface area contributed by atoms with E-state index >= 15 is 0 Å². The summed E-state index contributed by atoms with van der Waals surface area (Å²) in [6.07, 6.45) is 1.93. The number of hydrogen-bond donors (Lipinski definition) is 1. The lowest BCUT2D eigenvalue weighted by atomic mass is 10.0. The van der Waals surface area contributed by atoms with Gasteiger partial charge in [-0.1, -0.05) is 18.2 Å². The number of piperazine rings is 1. The molecule has 94 valence electrons. The molecule has 1 N–H and O–H groups in total. The number of halogens is 2. The third-order valence-electron chi connectivity index (χ3n) is 2.98. The van der Waals surface area contributed by atoms with Crippen LogP contribution in [0.5, 0.6) is 0 Å². The second kappa shape index (κ2) is 6.74. The number of nitrogens with zero attached hydrogens (tertiary/aromatic N) is 1. The van der Waals surface area contributed by atoms with Crippen LogP contribution in [0.4, 0.5) is 4.39 Å². The van der Waals surface area contributed by atoms with Gasteiger partial charge in [0.15, 0.2) is 0 Å². The number of hydrogen-bond acceptors (Lipinski definition) is 2. The third kappa shape index (κ3) is 3.53. The summed E-state index contributed by atoms with van der Waals surface area (Å²) in [5, 5.41) is 3.32. The van der Waals surface area contributed by atoms with Crippen LogP contribution in [0.25, 0.3) is 0 Å². The second-order valence-corrected chi connectivity index (χ2v) is 4.02. The fraction of sp³-hybridized carbons (Fsp3) is 0.385. The standard InChI is InChI=1S/C13H17FN2.ClH/c1-2-13(16-9-7-15-8-10-16)11-3-5-12(14)6-4-11;/h2-6,13,15H,1,7-10H2;1H/t13-;/m0./s1. The van der Waals surface area contributed by atoms with Gasteiger partial charge in [-0.3, -0.25) is 4.90 Å². The predicted molar refractivity (Wildman–Crippen MR) is 71.0 cm³/mol. The summed E-state index contributed by atoms with van der Waals surface area (Å²) in [4.78, 5) is 2.36. The minimum atomic E-state index is -0.188. The van der Waals surface area contributed by atoms with Gasteiger partial charge in [0.1, 0.15) is 5.82 Å². The van der Waals surface area contributed by atoms with Crippen molar-refractivity contribution in [2.45, 2.75) is 6.04 Å². The molecule has 0 aromatic heterocycles. The van der Waals surface area contributed by atoms with E-state index in [1.165, 1.54) is 12.1 Å². The lowest BCUT2D eigenvalue weighted by Crippen LogP contribution is -2.44. The van der Waals surface area contributed by atoms with Crippen LogP contribution in [-0.4, -0.2) is 31.1 Å². The highest BCUT2D eigenvalue weighted by molar-refractivity contribution is 5.85. The molecule has 0 saturated carbocycles. The third-order valence-corrected chi connectivity index (χ3v) is 2.98. The highest BCUT2D eigenvalue weighted by Gasteiger charge is 2.18. The first-order valence-electron chi connectivity index (χ1n) is 5.64. The number of benzene rings is 1. The van der Waals surface area contributed by atoms with Gasteiger partial charge in [-0.2, -0.15) is 0 Å². The molecule has 1 saturated heterocycles. The normalized spacial score (nSPS) is 18.2. The second-order valence-electron chi connectivity index (χ2n) is 4.02. The van der Waals surface area contributed by atoms with Gasteiger partial charge in [0, 0.05) is 26.2 Å². The van der Waals surface area contributed by atoms with Gasteiger partial charge < -0.3 is 5.32 Å². The summed E-state index contributed by atoms with van der Waals surface area (Å²) in [5.74, 6) is -0.188. The number of nitrogens with one attached hydrogen (secondary N) is 1. The van der Waals surface area contributed by atoms with Crippen LogP contribution in [0.15, 0.2) is 36.9 Å². The van der Waals surface area contributed by atoms with Crippen molar-refractivity contribution in [3.63, 3.8) is 0 Å². The van der Waals surface area contributed by atoms with Gasteiger partial charge in [0.05, 0.1) is 6.04 Å². The van der Waals surface area contributed by atoms with E-state index in [9.17, 15) is 4.39 Å². The molecule has 0 spiro atoms. The molecule has 17 heavy (non-hydrogen) atoms. The number of rotatable bonds is 3. The van der Waals surface area contributed by atoms with Gasteiger partial charge in [0.25, 0.3) is 0 Å². The lowest BCUT2D eigenvalue weighted by molar-refractivity contribution is 0.203. The minimum Gasteiger partial charge on any atom is -0.314 e. The summed E-state index contributed by atoms with van der Waals surface area (Å²) in [6.45, 7) is 7.91. The smallest absolute Gasteiger partial charge is 0.123 e. The molecule has 0 amide bonds. The molecule has 1 aliphatic heterocycles. The van der Waals surface area contributed by atoms with Gasteiger partial charge in [-0.15, -0.1) is 19.0 Å². The molecular formula is C13H18ClFN2. The van der Waals surface area contributed by atoms with E-state index in [1.54, 1.807) is 0 Å². The van der Waals surface area contributed by atoms with E-state index in [2.05, 4.69) is 16.8 Å². The Labute approximate surface area is 108 Å². The van der Waals surface area contributed by atoms with Gasteiger partial charge in [-0.25, -0.2) is 4.39 Å². The van der Waals surface area contributed by atoms with E-state index in [-0.39, 0.29) is 24.3 Å². The molecule has 0 radical (unpaired) electrons. The van der Waals surface area contributed by atoms with Crippen molar-refractivity contribution in [3.05, 3.63) is 48.3 Å². The Hall–Kier alpha value is -0.900. The van der Waals surface area contributed by atoms with Crippen molar-refractivity contribution in [1.82, 2.24) is 10.2 Å². The zero-order valence-electron chi connectivity index (χ0n) is 9.73. The van der Waals surface area contributed by atoms with Crippen LogP contribution >= 0.6 is 12.4 Å². The molecule has 0 aliphatic carbocycles. The summed E-state index contributed by atoms with van der Waals surface area (Å²) >= 11 is 0. The van der Waals surface area contributed by atoms with Crippen molar-refractivity contribution < 1.29 is 4.39 Å². The molecular weight excluding hydrogens is 239 g/mol. The van der Waals surface area contributed by atoms with E-state index in [0.29, 0.717) is 0 Å². The Morgan fingerprint density at radius 1 is 1.24 bits per heavy atom. The SMILES string of the molecule is C=C[C@@H](c1ccc(F)cc1)N1CCNCC1.Cl. The van der Waals surface area contributed by atoms with E-state index in [1.807, 2.05) is 18.2 Å². The quantitative estimate of drug-likeness (QED) is 0.836. The Kier molecular flexibility index (Phi) is 5.62. The van der Waals surface area contributed by atoms with Gasteiger partial charge in [0.2, 0.25) is 0 Å². The van der Waals surface area contributed by atoms with Crippen LogP contribution in [0.2, 0.25) is 0 Å². The van der Waals surface area contributed by atoms with Crippen LogP contribution in [0.3, 0.4) is 0 Å². The maximum atomic E-state index is 12.8. The first-order valence-corrected chi connectivity index (χ1v) is 5.64. The van der Waals surface area contributed by atoms with Gasteiger partial charge in [-0.05, 0) is 17.7 Å². The highest BCUT2D eigenvalue weighted by Crippen LogP contribution is 2.22. The summed E-state index contributed by atoms with van der Waals surface area (Å²) in [5.41, 5.74) is 1.11. The Bertz CT molecular complexity index is 347. The molecule has 1 aliphatic rings. The zero-order valence-corrected chi connectivity index (χ0v) is 10.5. The molecule has 2 rings (SSSR count). The maximum Gasteiger partial charge on any atom is 0.123 e. The monoisotopic (exact) mass is 256 g/mol. The molecule has 0 unspecified atom stereocenters. The average Bonchev–Trinajstić information content (AvgIpc) is 2.34. The van der Waals surface area contributed by atoms with Crippen molar-refractivity contribution >= 4 is 12.4 Å². The van der Waals surface area contributed by atoms with Crippen molar-refractivity contribution in [2.75, 3.05) is 26.2 Å². The molecule has 4 heteroatoms. The van der Waals surface area contributed by atoms with Crippen LogP contribution < -0.4 is 5.32 Å². The Morgan fingerprint density at radius 3 is 2.35 bits per heavy atom. The van der Waals surface area contributed by atoms with Crippen molar-refractivity contribution in [2.24, 2.45) is 0 Å². The Balaban J connectivity index is 0.00000144. The topological polar surface area (TPSA) is 15.3 Å². The largest absolute Gasteiger partial charge is 0.314 e. The first-order chi connectivity index (χ1) is 7.81. The van der Waals surface area contributed by atoms with E-state index in [4.69, 9.17) is 0 Å². The van der Waals surface area contributed by atoms with Gasteiger partial charge >= 0.3 is 0 Å².